The second kappa shape index (κ2) is 4.36. The van der Waals surface area contributed by atoms with Gasteiger partial charge in [-0.1, -0.05) is 5.21 Å². The van der Waals surface area contributed by atoms with Crippen LogP contribution in [-0.2, 0) is 6.54 Å². The summed E-state index contributed by atoms with van der Waals surface area (Å²) in [6.45, 7) is 0.482. The lowest BCUT2D eigenvalue weighted by Crippen LogP contribution is -2.02. The Morgan fingerprint density at radius 3 is 3.00 bits per heavy atom. The number of tetrazole rings is 1. The molecule has 0 aliphatic heterocycles. The number of hydrogen-bond donors (Lipinski definition) is 2. The minimum absolute atomic E-state index is 0.482. The highest BCUT2D eigenvalue weighted by molar-refractivity contribution is 5.37. The molecule has 0 radical (unpaired) electrons. The Hall–Kier alpha value is -2.18. The van der Waals surface area contributed by atoms with Crippen LogP contribution in [0, 0.1) is 0 Å². The second-order valence-electron chi connectivity index (χ2n) is 2.76. The van der Waals surface area contributed by atoms with Crippen LogP contribution in [0.3, 0.4) is 0 Å². The number of pyridine rings is 1. The van der Waals surface area contributed by atoms with Gasteiger partial charge in [0.2, 0.25) is 0 Å². The summed E-state index contributed by atoms with van der Waals surface area (Å²) in [6, 6.07) is 3.64. The highest BCUT2D eigenvalue weighted by Gasteiger charge is 1.98. The molecule has 2 rings (SSSR count). The van der Waals surface area contributed by atoms with Crippen LogP contribution in [0.25, 0.3) is 0 Å². The maximum absolute atomic E-state index is 4.99. The van der Waals surface area contributed by atoms with E-state index in [1.807, 2.05) is 12.1 Å². The molecule has 0 aromatic carbocycles. The molecular weight excluding hydrogens is 196 g/mol. The molecule has 0 aliphatic carbocycles. The standard InChI is InChI=1S/C8H10N6O/c1-15-6-2-3-7(9-4-6)10-5-8-11-13-14-12-8/h2-4H,5H2,1H3,(H,9,10)(H,11,12,13,14). The number of aromatic nitrogens is 5. The third kappa shape index (κ3) is 2.39. The average Bonchev–Trinajstić information content (AvgIpc) is 2.80. The van der Waals surface area contributed by atoms with E-state index in [-0.39, 0.29) is 0 Å². The summed E-state index contributed by atoms with van der Waals surface area (Å²) >= 11 is 0. The fraction of sp³-hybridized carbons (Fsp3) is 0.250. The molecule has 2 aromatic rings. The van der Waals surface area contributed by atoms with Crippen LogP contribution >= 0.6 is 0 Å². The molecule has 0 aliphatic rings. The molecule has 0 atom stereocenters. The molecule has 15 heavy (non-hydrogen) atoms. The van der Waals surface area contributed by atoms with Crippen molar-refractivity contribution in [3.05, 3.63) is 24.2 Å². The predicted octanol–water partition coefficient (Wildman–Crippen LogP) is 0.215. The number of hydrogen-bond acceptors (Lipinski definition) is 6. The van der Waals surface area contributed by atoms with Crippen LogP contribution in [-0.4, -0.2) is 32.7 Å². The third-order valence-corrected chi connectivity index (χ3v) is 1.79. The van der Waals surface area contributed by atoms with Gasteiger partial charge in [-0.25, -0.2) is 4.98 Å². The van der Waals surface area contributed by atoms with E-state index >= 15 is 0 Å². The van der Waals surface area contributed by atoms with Crippen molar-refractivity contribution in [3.8, 4) is 5.75 Å². The number of nitrogens with one attached hydrogen (secondary N) is 2. The van der Waals surface area contributed by atoms with Crippen LogP contribution in [0.15, 0.2) is 18.3 Å². The van der Waals surface area contributed by atoms with E-state index in [0.29, 0.717) is 12.4 Å². The molecule has 2 heterocycles. The Morgan fingerprint density at radius 2 is 2.40 bits per heavy atom. The minimum Gasteiger partial charge on any atom is -0.495 e. The van der Waals surface area contributed by atoms with E-state index < -0.39 is 0 Å². The van der Waals surface area contributed by atoms with Crippen LogP contribution in [0.4, 0.5) is 5.82 Å². The van der Waals surface area contributed by atoms with Crippen LogP contribution in [0.5, 0.6) is 5.75 Å². The molecule has 7 heteroatoms. The van der Waals surface area contributed by atoms with E-state index in [0.717, 1.165) is 11.6 Å². The summed E-state index contributed by atoms with van der Waals surface area (Å²) in [5.41, 5.74) is 0. The normalized spacial score (nSPS) is 9.93. The van der Waals surface area contributed by atoms with Crippen LogP contribution < -0.4 is 10.1 Å². The van der Waals surface area contributed by atoms with Gasteiger partial charge in [-0.2, -0.15) is 5.21 Å². The summed E-state index contributed by atoms with van der Waals surface area (Å²) in [5, 5.41) is 16.5. The SMILES string of the molecule is COc1ccc(NCc2nn[nH]n2)nc1. The number of aromatic amines is 1. The third-order valence-electron chi connectivity index (χ3n) is 1.79. The van der Waals surface area contributed by atoms with E-state index in [1.54, 1.807) is 13.3 Å². The van der Waals surface area contributed by atoms with Gasteiger partial charge in [0, 0.05) is 0 Å². The Bertz CT molecular complexity index is 398. The zero-order chi connectivity index (χ0) is 10.5. The van der Waals surface area contributed by atoms with Crippen molar-refractivity contribution in [1.82, 2.24) is 25.6 Å². The van der Waals surface area contributed by atoms with E-state index in [4.69, 9.17) is 4.74 Å². The first kappa shape index (κ1) is 9.38. The molecule has 0 fully saturated rings. The Morgan fingerprint density at radius 1 is 1.47 bits per heavy atom. The van der Waals surface area contributed by atoms with Gasteiger partial charge in [-0.05, 0) is 12.1 Å². The molecule has 2 N–H and O–H groups in total. The second-order valence-corrected chi connectivity index (χ2v) is 2.76. The predicted molar refractivity (Wildman–Crippen MR) is 52.3 cm³/mol. The fourth-order valence-corrected chi connectivity index (χ4v) is 1.03. The fourth-order valence-electron chi connectivity index (χ4n) is 1.03. The highest BCUT2D eigenvalue weighted by Crippen LogP contribution is 2.11. The lowest BCUT2D eigenvalue weighted by atomic mass is 10.4. The van der Waals surface area contributed by atoms with E-state index in [2.05, 4.69) is 30.9 Å². The number of ether oxygens (including phenoxy) is 1. The van der Waals surface area contributed by atoms with Gasteiger partial charge in [0.15, 0.2) is 5.82 Å². The maximum atomic E-state index is 4.99. The summed E-state index contributed by atoms with van der Waals surface area (Å²) in [4.78, 5) is 4.13. The number of methoxy groups -OCH3 is 1. The maximum Gasteiger partial charge on any atom is 0.193 e. The highest BCUT2D eigenvalue weighted by atomic mass is 16.5. The topological polar surface area (TPSA) is 88.6 Å². The van der Waals surface area contributed by atoms with E-state index in [9.17, 15) is 0 Å². The molecule has 0 saturated carbocycles. The molecule has 7 nitrogen and oxygen atoms in total. The molecule has 78 valence electrons. The Kier molecular flexibility index (Phi) is 2.72. The summed E-state index contributed by atoms with van der Waals surface area (Å²) in [6.07, 6.45) is 1.64. The summed E-state index contributed by atoms with van der Waals surface area (Å²) < 4.78 is 4.99. The van der Waals surface area contributed by atoms with Gasteiger partial charge in [-0.15, -0.1) is 10.2 Å². The van der Waals surface area contributed by atoms with Crippen molar-refractivity contribution < 1.29 is 4.74 Å². The van der Waals surface area contributed by atoms with Gasteiger partial charge in [-0.3, -0.25) is 0 Å². The van der Waals surface area contributed by atoms with Crippen molar-refractivity contribution >= 4 is 5.82 Å². The van der Waals surface area contributed by atoms with Crippen molar-refractivity contribution in [3.63, 3.8) is 0 Å². The first-order valence-electron chi connectivity index (χ1n) is 4.35. The van der Waals surface area contributed by atoms with Gasteiger partial charge >= 0.3 is 0 Å². The van der Waals surface area contributed by atoms with Crippen molar-refractivity contribution in [2.75, 3.05) is 12.4 Å². The molecule has 2 aromatic heterocycles. The Balaban J connectivity index is 1.93. The van der Waals surface area contributed by atoms with Gasteiger partial charge < -0.3 is 10.1 Å². The van der Waals surface area contributed by atoms with Gasteiger partial charge in [0.1, 0.15) is 11.6 Å². The molecule has 0 unspecified atom stereocenters. The smallest absolute Gasteiger partial charge is 0.193 e. The van der Waals surface area contributed by atoms with Crippen molar-refractivity contribution in [1.29, 1.82) is 0 Å². The number of anilines is 1. The lowest BCUT2D eigenvalue weighted by molar-refractivity contribution is 0.413. The summed E-state index contributed by atoms with van der Waals surface area (Å²) in [5.74, 6) is 2.05. The zero-order valence-electron chi connectivity index (χ0n) is 8.14. The minimum atomic E-state index is 0.482. The molecule has 0 bridgehead atoms. The van der Waals surface area contributed by atoms with Crippen molar-refractivity contribution in [2.45, 2.75) is 6.54 Å². The number of H-pyrrole nitrogens is 1. The Labute approximate surface area is 85.9 Å². The molecular formula is C8H10N6O. The largest absolute Gasteiger partial charge is 0.495 e. The van der Waals surface area contributed by atoms with Crippen molar-refractivity contribution in [2.24, 2.45) is 0 Å². The first-order chi connectivity index (χ1) is 7.38. The quantitative estimate of drug-likeness (QED) is 0.743. The molecule has 0 amide bonds. The summed E-state index contributed by atoms with van der Waals surface area (Å²) in [7, 11) is 1.60. The van der Waals surface area contributed by atoms with Crippen LogP contribution in [0.2, 0.25) is 0 Å². The number of rotatable bonds is 4. The molecule has 0 spiro atoms. The number of nitrogens with zero attached hydrogens (tertiary/aromatic N) is 4. The van der Waals surface area contributed by atoms with Gasteiger partial charge in [0.05, 0.1) is 19.9 Å². The zero-order valence-corrected chi connectivity index (χ0v) is 8.14. The monoisotopic (exact) mass is 206 g/mol. The molecule has 0 saturated heterocycles. The van der Waals surface area contributed by atoms with Crippen LogP contribution in [0.1, 0.15) is 5.82 Å². The van der Waals surface area contributed by atoms with Gasteiger partial charge in [0.25, 0.3) is 0 Å². The lowest BCUT2D eigenvalue weighted by Gasteiger charge is -2.03. The first-order valence-corrected chi connectivity index (χ1v) is 4.35. The average molecular weight is 206 g/mol. The van der Waals surface area contributed by atoms with E-state index in [1.165, 1.54) is 0 Å².